The van der Waals surface area contributed by atoms with Crippen molar-refractivity contribution in [2.75, 3.05) is 0 Å². The van der Waals surface area contributed by atoms with Gasteiger partial charge in [-0.2, -0.15) is 0 Å². The van der Waals surface area contributed by atoms with E-state index < -0.39 is 10.0 Å². The van der Waals surface area contributed by atoms with Gasteiger partial charge in [0.25, 0.3) is 0 Å². The average molecular weight is 295 g/mol. The third-order valence-electron chi connectivity index (χ3n) is 3.06. The Kier molecular flexibility index (Phi) is 4.22. The first kappa shape index (κ1) is 14.7. The van der Waals surface area contributed by atoms with Gasteiger partial charge in [-0.3, -0.25) is 0 Å². The molecule has 7 heteroatoms. The molecule has 0 atom stereocenters. The molecule has 6 nitrogen and oxygen atoms in total. The van der Waals surface area contributed by atoms with Crippen LogP contribution in [0.5, 0.6) is 0 Å². The maximum atomic E-state index is 11.1. The molecule has 0 radical (unpaired) electrons. The predicted octanol–water partition coefficient (Wildman–Crippen LogP) is 1.23. The molecule has 1 aromatic heterocycles. The first-order valence-corrected chi connectivity index (χ1v) is 7.67. The SMILES string of the molecule is Cc1noc(C)c1CNCc1ccc(S(N)(=O)=O)cc1. The highest BCUT2D eigenvalue weighted by atomic mass is 32.2. The summed E-state index contributed by atoms with van der Waals surface area (Å²) < 4.78 is 27.3. The second kappa shape index (κ2) is 5.74. The Bertz CT molecular complexity index is 671. The minimum Gasteiger partial charge on any atom is -0.361 e. The zero-order valence-corrected chi connectivity index (χ0v) is 12.2. The van der Waals surface area contributed by atoms with Crippen LogP contribution < -0.4 is 10.5 Å². The maximum absolute atomic E-state index is 11.1. The van der Waals surface area contributed by atoms with Crippen LogP contribution >= 0.6 is 0 Å². The van der Waals surface area contributed by atoms with Crippen LogP contribution in [0.1, 0.15) is 22.6 Å². The predicted molar refractivity (Wildman–Crippen MR) is 74.3 cm³/mol. The molecule has 0 amide bonds. The number of rotatable bonds is 5. The molecular weight excluding hydrogens is 278 g/mol. The van der Waals surface area contributed by atoms with Crippen molar-refractivity contribution in [2.24, 2.45) is 5.14 Å². The highest BCUT2D eigenvalue weighted by Crippen LogP contribution is 2.12. The number of aromatic nitrogens is 1. The Balaban J connectivity index is 1.95. The topological polar surface area (TPSA) is 98.2 Å². The highest BCUT2D eigenvalue weighted by molar-refractivity contribution is 7.89. The number of sulfonamides is 1. The van der Waals surface area contributed by atoms with E-state index in [0.717, 1.165) is 22.6 Å². The molecule has 0 bridgehead atoms. The van der Waals surface area contributed by atoms with Crippen LogP contribution in [0, 0.1) is 13.8 Å². The third-order valence-corrected chi connectivity index (χ3v) is 3.99. The Labute approximate surface area is 118 Å². The second-order valence-corrected chi connectivity index (χ2v) is 6.16. The van der Waals surface area contributed by atoms with Gasteiger partial charge in [-0.05, 0) is 31.5 Å². The molecule has 0 saturated carbocycles. The average Bonchev–Trinajstić information content (AvgIpc) is 2.70. The Morgan fingerprint density at radius 1 is 1.20 bits per heavy atom. The molecule has 0 fully saturated rings. The van der Waals surface area contributed by atoms with Gasteiger partial charge in [0.05, 0.1) is 10.6 Å². The van der Waals surface area contributed by atoms with Crippen molar-refractivity contribution in [3.8, 4) is 0 Å². The molecule has 2 aromatic rings. The van der Waals surface area contributed by atoms with Crippen LogP contribution in [0.25, 0.3) is 0 Å². The van der Waals surface area contributed by atoms with E-state index in [9.17, 15) is 8.42 Å². The fourth-order valence-electron chi connectivity index (χ4n) is 1.88. The summed E-state index contributed by atoms with van der Waals surface area (Å²) in [6.45, 7) is 5.04. The van der Waals surface area contributed by atoms with Gasteiger partial charge in [0, 0.05) is 18.7 Å². The van der Waals surface area contributed by atoms with E-state index in [1.54, 1.807) is 12.1 Å². The van der Waals surface area contributed by atoms with Crippen molar-refractivity contribution < 1.29 is 12.9 Å². The summed E-state index contributed by atoms with van der Waals surface area (Å²) in [7, 11) is -3.63. The molecule has 0 saturated heterocycles. The van der Waals surface area contributed by atoms with E-state index in [1.807, 2.05) is 13.8 Å². The van der Waals surface area contributed by atoms with E-state index in [2.05, 4.69) is 10.5 Å². The van der Waals surface area contributed by atoms with Crippen LogP contribution in [0.4, 0.5) is 0 Å². The summed E-state index contributed by atoms with van der Waals surface area (Å²) in [6, 6.07) is 6.48. The Hall–Kier alpha value is -1.70. The summed E-state index contributed by atoms with van der Waals surface area (Å²) >= 11 is 0. The van der Waals surface area contributed by atoms with E-state index in [4.69, 9.17) is 9.66 Å². The van der Waals surface area contributed by atoms with E-state index in [0.29, 0.717) is 13.1 Å². The van der Waals surface area contributed by atoms with Crippen molar-refractivity contribution in [1.82, 2.24) is 10.5 Å². The number of nitrogens with one attached hydrogen (secondary N) is 1. The normalized spacial score (nSPS) is 11.8. The number of hydrogen-bond acceptors (Lipinski definition) is 5. The van der Waals surface area contributed by atoms with Crippen LogP contribution in [0.3, 0.4) is 0 Å². The van der Waals surface area contributed by atoms with Crippen LogP contribution in [-0.4, -0.2) is 13.6 Å². The van der Waals surface area contributed by atoms with Crippen molar-refractivity contribution in [3.05, 3.63) is 46.8 Å². The van der Waals surface area contributed by atoms with Crippen LogP contribution in [0.2, 0.25) is 0 Å². The van der Waals surface area contributed by atoms with Gasteiger partial charge < -0.3 is 9.84 Å². The van der Waals surface area contributed by atoms with Gasteiger partial charge in [0.2, 0.25) is 10.0 Å². The molecule has 20 heavy (non-hydrogen) atoms. The monoisotopic (exact) mass is 295 g/mol. The molecule has 3 N–H and O–H groups in total. The fraction of sp³-hybridized carbons (Fsp3) is 0.308. The maximum Gasteiger partial charge on any atom is 0.238 e. The summed E-state index contributed by atoms with van der Waals surface area (Å²) in [5.74, 6) is 0.805. The molecule has 0 aliphatic rings. The molecule has 1 heterocycles. The Morgan fingerprint density at radius 3 is 2.35 bits per heavy atom. The first-order chi connectivity index (χ1) is 9.38. The van der Waals surface area contributed by atoms with Crippen molar-refractivity contribution in [1.29, 1.82) is 0 Å². The van der Waals surface area contributed by atoms with Crippen molar-refractivity contribution in [2.45, 2.75) is 31.8 Å². The van der Waals surface area contributed by atoms with Gasteiger partial charge >= 0.3 is 0 Å². The minimum atomic E-state index is -3.63. The summed E-state index contributed by atoms with van der Waals surface area (Å²) in [6.07, 6.45) is 0. The quantitative estimate of drug-likeness (QED) is 0.864. The molecule has 108 valence electrons. The number of primary sulfonamides is 1. The minimum absolute atomic E-state index is 0.118. The number of aryl methyl sites for hydroxylation is 2. The standard InChI is InChI=1S/C13H17N3O3S/c1-9-13(10(2)19-16-9)8-15-7-11-3-5-12(6-4-11)20(14,17)18/h3-6,15H,7-8H2,1-2H3,(H2,14,17,18). The second-order valence-electron chi connectivity index (χ2n) is 4.60. The van der Waals surface area contributed by atoms with Gasteiger partial charge in [-0.15, -0.1) is 0 Å². The number of nitrogens with zero attached hydrogens (tertiary/aromatic N) is 1. The lowest BCUT2D eigenvalue weighted by molar-refractivity contribution is 0.392. The number of nitrogens with two attached hydrogens (primary N) is 1. The lowest BCUT2D eigenvalue weighted by atomic mass is 10.2. The molecule has 1 aromatic carbocycles. The fourth-order valence-corrected chi connectivity index (χ4v) is 2.40. The summed E-state index contributed by atoms with van der Waals surface area (Å²) in [4.78, 5) is 0.118. The van der Waals surface area contributed by atoms with E-state index >= 15 is 0 Å². The van der Waals surface area contributed by atoms with Crippen molar-refractivity contribution in [3.63, 3.8) is 0 Å². The highest BCUT2D eigenvalue weighted by Gasteiger charge is 2.09. The molecule has 0 aliphatic carbocycles. The molecular formula is C13H17N3O3S. The van der Waals surface area contributed by atoms with Gasteiger partial charge in [-0.1, -0.05) is 17.3 Å². The largest absolute Gasteiger partial charge is 0.361 e. The van der Waals surface area contributed by atoms with Crippen LogP contribution in [-0.2, 0) is 23.1 Å². The first-order valence-electron chi connectivity index (χ1n) is 6.12. The van der Waals surface area contributed by atoms with E-state index in [-0.39, 0.29) is 4.90 Å². The van der Waals surface area contributed by atoms with Crippen LogP contribution in [0.15, 0.2) is 33.7 Å². The third kappa shape index (κ3) is 3.44. The molecule has 0 spiro atoms. The smallest absolute Gasteiger partial charge is 0.238 e. The summed E-state index contributed by atoms with van der Waals surface area (Å²) in [5, 5.41) is 12.2. The molecule has 0 aliphatic heterocycles. The van der Waals surface area contributed by atoms with E-state index in [1.165, 1.54) is 12.1 Å². The zero-order valence-electron chi connectivity index (χ0n) is 11.4. The molecule has 2 rings (SSSR count). The van der Waals surface area contributed by atoms with Gasteiger partial charge in [-0.25, -0.2) is 13.6 Å². The van der Waals surface area contributed by atoms with Crippen molar-refractivity contribution >= 4 is 10.0 Å². The summed E-state index contributed by atoms with van der Waals surface area (Å²) in [5.41, 5.74) is 2.90. The zero-order chi connectivity index (χ0) is 14.8. The number of hydrogen-bond donors (Lipinski definition) is 2. The lowest BCUT2D eigenvalue weighted by Gasteiger charge is -2.05. The van der Waals surface area contributed by atoms with Gasteiger partial charge in [0.15, 0.2) is 0 Å². The lowest BCUT2D eigenvalue weighted by Crippen LogP contribution is -2.14. The van der Waals surface area contributed by atoms with Gasteiger partial charge in [0.1, 0.15) is 5.76 Å². The molecule has 0 unspecified atom stereocenters. The number of benzene rings is 1. The Morgan fingerprint density at radius 2 is 1.85 bits per heavy atom.